The molecule has 0 unspecified atom stereocenters. The topological polar surface area (TPSA) is 65.5 Å². The van der Waals surface area contributed by atoms with Crippen LogP contribution < -0.4 is 10.2 Å². The van der Waals surface area contributed by atoms with Gasteiger partial charge in [-0.05, 0) is 69.1 Å². The van der Waals surface area contributed by atoms with Gasteiger partial charge in [-0.15, -0.1) is 0 Å². The van der Waals surface area contributed by atoms with Crippen LogP contribution >= 0.6 is 0 Å². The van der Waals surface area contributed by atoms with Crippen LogP contribution in [-0.4, -0.2) is 53.4 Å². The minimum atomic E-state index is 0.0959. The van der Waals surface area contributed by atoms with Gasteiger partial charge in [0.1, 0.15) is 5.82 Å². The predicted octanol–water partition coefficient (Wildman–Crippen LogP) is 2.82. The van der Waals surface area contributed by atoms with Crippen molar-refractivity contribution in [1.82, 2.24) is 15.2 Å². The van der Waals surface area contributed by atoms with E-state index in [9.17, 15) is 9.59 Å². The fourth-order valence-electron chi connectivity index (χ4n) is 5.74. The Labute approximate surface area is 174 Å². The SMILES string of the molecule is CCCC(=O)NC[C@H]1[C@H]2C[C@H](CN(c3cc(C)cc(C)n3)C2)[C@@H]2CCCC(=O)N21. The van der Waals surface area contributed by atoms with Gasteiger partial charge in [0.15, 0.2) is 0 Å². The van der Waals surface area contributed by atoms with E-state index in [4.69, 9.17) is 4.98 Å². The highest BCUT2D eigenvalue weighted by molar-refractivity contribution is 5.79. The van der Waals surface area contributed by atoms with Crippen molar-refractivity contribution in [3.05, 3.63) is 23.4 Å². The highest BCUT2D eigenvalue weighted by atomic mass is 16.2. The van der Waals surface area contributed by atoms with Crippen LogP contribution in [0, 0.1) is 25.7 Å². The Kier molecular flexibility index (Phi) is 5.79. The number of rotatable bonds is 5. The summed E-state index contributed by atoms with van der Waals surface area (Å²) in [7, 11) is 0. The molecular formula is C23H34N4O2. The number of amides is 2. The van der Waals surface area contributed by atoms with Gasteiger partial charge in [-0.25, -0.2) is 4.98 Å². The Bertz CT molecular complexity index is 760. The Morgan fingerprint density at radius 2 is 2.03 bits per heavy atom. The second-order valence-electron chi connectivity index (χ2n) is 9.19. The van der Waals surface area contributed by atoms with Crippen molar-refractivity contribution >= 4 is 17.6 Å². The van der Waals surface area contributed by atoms with Crippen LogP contribution in [0.4, 0.5) is 5.82 Å². The van der Waals surface area contributed by atoms with Crippen molar-refractivity contribution in [2.45, 2.75) is 71.4 Å². The summed E-state index contributed by atoms with van der Waals surface area (Å²) in [6, 6.07) is 4.69. The Hall–Kier alpha value is -2.11. The van der Waals surface area contributed by atoms with Crippen LogP contribution in [0.2, 0.25) is 0 Å². The van der Waals surface area contributed by atoms with Gasteiger partial charge in [0.05, 0.1) is 6.04 Å². The number of piperidine rings is 3. The van der Waals surface area contributed by atoms with Gasteiger partial charge in [-0.1, -0.05) is 6.92 Å². The van der Waals surface area contributed by atoms with Crippen LogP contribution in [0.25, 0.3) is 0 Å². The van der Waals surface area contributed by atoms with Gasteiger partial charge >= 0.3 is 0 Å². The first kappa shape index (κ1) is 20.2. The third-order valence-corrected chi connectivity index (χ3v) is 6.89. The number of carbonyl (C=O) groups is 2. The summed E-state index contributed by atoms with van der Waals surface area (Å²) >= 11 is 0. The Morgan fingerprint density at radius 3 is 2.79 bits per heavy atom. The van der Waals surface area contributed by atoms with E-state index < -0.39 is 0 Å². The zero-order valence-corrected chi connectivity index (χ0v) is 18.0. The van der Waals surface area contributed by atoms with Crippen LogP contribution in [0.5, 0.6) is 0 Å². The molecule has 0 aromatic carbocycles. The van der Waals surface area contributed by atoms with Crippen LogP contribution in [0.3, 0.4) is 0 Å². The van der Waals surface area contributed by atoms with Gasteiger partial charge in [-0.2, -0.15) is 0 Å². The third kappa shape index (κ3) is 4.12. The smallest absolute Gasteiger partial charge is 0.223 e. The van der Waals surface area contributed by atoms with E-state index in [1.54, 1.807) is 0 Å². The normalized spacial score (nSPS) is 28.9. The average Bonchev–Trinajstić information content (AvgIpc) is 2.67. The summed E-state index contributed by atoms with van der Waals surface area (Å²) < 4.78 is 0. The quantitative estimate of drug-likeness (QED) is 0.828. The molecule has 4 heterocycles. The molecule has 1 aromatic heterocycles. The molecule has 2 bridgehead atoms. The number of hydrogen-bond donors (Lipinski definition) is 1. The van der Waals surface area contributed by atoms with E-state index in [0.717, 1.165) is 50.3 Å². The summed E-state index contributed by atoms with van der Waals surface area (Å²) in [5, 5.41) is 3.12. The maximum absolute atomic E-state index is 12.9. The van der Waals surface area contributed by atoms with Gasteiger partial charge < -0.3 is 15.1 Å². The molecule has 6 heteroatoms. The molecule has 2 amide bonds. The molecule has 4 rings (SSSR count). The third-order valence-electron chi connectivity index (χ3n) is 6.89. The van der Waals surface area contributed by atoms with Gasteiger partial charge in [-0.3, -0.25) is 9.59 Å². The number of aromatic nitrogens is 1. The first-order valence-corrected chi connectivity index (χ1v) is 11.2. The van der Waals surface area contributed by atoms with E-state index in [0.29, 0.717) is 37.3 Å². The maximum Gasteiger partial charge on any atom is 0.223 e. The molecule has 4 atom stereocenters. The largest absolute Gasteiger partial charge is 0.356 e. The first-order chi connectivity index (χ1) is 14.0. The van der Waals surface area contributed by atoms with Crippen molar-refractivity contribution < 1.29 is 9.59 Å². The standard InChI is InChI=1S/C23H34N4O2/c1-4-6-22(28)24-12-20-18-11-17(19-7-5-8-23(29)27(19)20)13-26(14-18)21-10-15(2)9-16(3)25-21/h9-10,17-20H,4-8,11-14H2,1-3H3,(H,24,28)/t17-,18+,19+,20+/m1/s1. The highest BCUT2D eigenvalue weighted by Gasteiger charge is 2.49. The lowest BCUT2D eigenvalue weighted by Gasteiger charge is -2.56. The molecule has 3 aliphatic rings. The second kappa shape index (κ2) is 8.33. The van der Waals surface area contributed by atoms with Crippen LogP contribution in [0.15, 0.2) is 12.1 Å². The summed E-state index contributed by atoms with van der Waals surface area (Å²) in [5.74, 6) is 2.30. The summed E-state index contributed by atoms with van der Waals surface area (Å²) in [4.78, 5) is 34.4. The number of hydrogen-bond acceptors (Lipinski definition) is 4. The second-order valence-corrected chi connectivity index (χ2v) is 9.19. The molecule has 3 aliphatic heterocycles. The number of pyridine rings is 1. The number of nitrogens with zero attached hydrogens (tertiary/aromatic N) is 3. The first-order valence-electron chi connectivity index (χ1n) is 11.2. The van der Waals surface area contributed by atoms with Crippen molar-refractivity contribution in [1.29, 1.82) is 0 Å². The zero-order chi connectivity index (χ0) is 20.5. The molecule has 0 aliphatic carbocycles. The molecule has 1 N–H and O–H groups in total. The molecule has 29 heavy (non-hydrogen) atoms. The number of anilines is 1. The molecule has 6 nitrogen and oxygen atoms in total. The van der Waals surface area contributed by atoms with Gasteiger partial charge in [0.2, 0.25) is 11.8 Å². The van der Waals surface area contributed by atoms with Crippen molar-refractivity contribution in [2.75, 3.05) is 24.5 Å². The molecule has 3 saturated heterocycles. The lowest BCUT2D eigenvalue weighted by molar-refractivity contribution is -0.149. The number of fused-ring (bicyclic) bond motifs is 4. The predicted molar refractivity (Wildman–Crippen MR) is 114 cm³/mol. The van der Waals surface area contributed by atoms with Crippen molar-refractivity contribution in [2.24, 2.45) is 11.8 Å². The van der Waals surface area contributed by atoms with Crippen LogP contribution in [-0.2, 0) is 9.59 Å². The molecule has 0 saturated carbocycles. The van der Waals surface area contributed by atoms with E-state index in [-0.39, 0.29) is 17.9 Å². The minimum absolute atomic E-state index is 0.0959. The lowest BCUT2D eigenvalue weighted by atomic mass is 9.72. The monoisotopic (exact) mass is 398 g/mol. The molecular weight excluding hydrogens is 364 g/mol. The van der Waals surface area contributed by atoms with E-state index in [2.05, 4.69) is 41.1 Å². The van der Waals surface area contributed by atoms with Gasteiger partial charge in [0.25, 0.3) is 0 Å². The maximum atomic E-state index is 12.9. The summed E-state index contributed by atoms with van der Waals surface area (Å²) in [6.45, 7) is 8.63. The van der Waals surface area contributed by atoms with Crippen LogP contribution in [0.1, 0.15) is 56.7 Å². The highest BCUT2D eigenvalue weighted by Crippen LogP contribution is 2.42. The fourth-order valence-corrected chi connectivity index (χ4v) is 5.74. The summed E-state index contributed by atoms with van der Waals surface area (Å²) in [5.41, 5.74) is 2.29. The Morgan fingerprint density at radius 1 is 1.24 bits per heavy atom. The number of nitrogens with one attached hydrogen (secondary N) is 1. The van der Waals surface area contributed by atoms with Gasteiger partial charge in [0, 0.05) is 44.2 Å². The number of aryl methyl sites for hydroxylation is 2. The minimum Gasteiger partial charge on any atom is -0.356 e. The molecule has 158 valence electrons. The Balaban J connectivity index is 1.58. The average molecular weight is 399 g/mol. The summed E-state index contributed by atoms with van der Waals surface area (Å²) in [6.07, 6.45) is 5.26. The molecule has 3 fully saturated rings. The van der Waals surface area contributed by atoms with Crippen molar-refractivity contribution in [3.8, 4) is 0 Å². The lowest BCUT2D eigenvalue weighted by Crippen LogP contribution is -2.67. The fraction of sp³-hybridized carbons (Fsp3) is 0.696. The molecule has 0 radical (unpaired) electrons. The molecule has 0 spiro atoms. The zero-order valence-electron chi connectivity index (χ0n) is 18.0. The number of carbonyl (C=O) groups excluding carboxylic acids is 2. The van der Waals surface area contributed by atoms with E-state index in [1.165, 1.54) is 5.56 Å². The van der Waals surface area contributed by atoms with Crippen molar-refractivity contribution in [3.63, 3.8) is 0 Å². The van der Waals surface area contributed by atoms with E-state index in [1.807, 2.05) is 6.92 Å². The molecule has 1 aromatic rings. The van der Waals surface area contributed by atoms with E-state index >= 15 is 0 Å².